The Morgan fingerprint density at radius 2 is 1.67 bits per heavy atom. The number of rotatable bonds is 3. The third-order valence-corrected chi connectivity index (χ3v) is 5.73. The molecule has 5 heteroatoms. The summed E-state index contributed by atoms with van der Waals surface area (Å²) in [5, 5.41) is 0.836. The Morgan fingerprint density at radius 1 is 0.917 bits per heavy atom. The molecule has 0 saturated heterocycles. The van der Waals surface area contributed by atoms with Gasteiger partial charge in [0.2, 0.25) is 0 Å². The molecule has 24 heavy (non-hydrogen) atoms. The normalized spacial score (nSPS) is 11.9. The van der Waals surface area contributed by atoms with Crippen LogP contribution in [0, 0.1) is 6.92 Å². The summed E-state index contributed by atoms with van der Waals surface area (Å²) in [6, 6.07) is 17.9. The van der Waals surface area contributed by atoms with Gasteiger partial charge in [0.05, 0.1) is 16.7 Å². The first-order valence-corrected chi connectivity index (χ1v) is 8.97. The minimum absolute atomic E-state index is 0.264. The third-order valence-electron chi connectivity index (χ3n) is 4.04. The fraction of sp³-hybridized carbons (Fsp3) is 0.0526. The molecule has 120 valence electrons. The molecule has 4 rings (SSSR count). The second-order valence-electron chi connectivity index (χ2n) is 5.65. The molecule has 0 spiro atoms. The summed E-state index contributed by atoms with van der Waals surface area (Å²) in [4.78, 5) is 0.264. The van der Waals surface area contributed by atoms with Crippen LogP contribution in [0.15, 0.2) is 82.4 Å². The maximum Gasteiger partial charge on any atom is 0.268 e. The van der Waals surface area contributed by atoms with Gasteiger partial charge in [-0.15, -0.1) is 0 Å². The van der Waals surface area contributed by atoms with Crippen LogP contribution in [0.1, 0.15) is 5.56 Å². The van der Waals surface area contributed by atoms with Crippen molar-refractivity contribution in [2.45, 2.75) is 11.8 Å². The number of fused-ring (bicyclic) bond motifs is 1. The van der Waals surface area contributed by atoms with E-state index in [4.69, 9.17) is 4.42 Å². The summed E-state index contributed by atoms with van der Waals surface area (Å²) in [5.41, 5.74) is 2.40. The molecule has 0 saturated carbocycles. The summed E-state index contributed by atoms with van der Waals surface area (Å²) in [7, 11) is -3.68. The largest absolute Gasteiger partial charge is 0.464 e. The number of hydrogen-bond acceptors (Lipinski definition) is 3. The monoisotopic (exact) mass is 337 g/mol. The van der Waals surface area contributed by atoms with Gasteiger partial charge in [-0.2, -0.15) is 0 Å². The van der Waals surface area contributed by atoms with Gasteiger partial charge in [-0.3, -0.25) is 0 Å². The maximum absolute atomic E-state index is 13.1. The lowest BCUT2D eigenvalue weighted by molar-refractivity contribution is 0.582. The number of benzene rings is 2. The Morgan fingerprint density at radius 3 is 2.38 bits per heavy atom. The molecule has 0 unspecified atom stereocenters. The topological polar surface area (TPSA) is 52.2 Å². The fourth-order valence-corrected chi connectivity index (χ4v) is 4.17. The van der Waals surface area contributed by atoms with Gasteiger partial charge in [-0.1, -0.05) is 35.9 Å². The van der Waals surface area contributed by atoms with E-state index in [0.717, 1.165) is 16.5 Å². The van der Waals surface area contributed by atoms with Crippen LogP contribution in [0.5, 0.6) is 0 Å². The second kappa shape index (κ2) is 5.39. The Bertz CT molecular complexity index is 1110. The van der Waals surface area contributed by atoms with Crippen LogP contribution in [0.25, 0.3) is 22.2 Å². The number of nitrogens with zero attached hydrogens (tertiary/aromatic N) is 1. The van der Waals surface area contributed by atoms with Crippen molar-refractivity contribution in [2.24, 2.45) is 0 Å². The predicted molar refractivity (Wildman–Crippen MR) is 93.4 cm³/mol. The molecule has 0 N–H and O–H groups in total. The minimum atomic E-state index is -3.68. The van der Waals surface area contributed by atoms with Crippen LogP contribution >= 0.6 is 0 Å². The minimum Gasteiger partial charge on any atom is -0.464 e. The van der Waals surface area contributed by atoms with Crippen molar-refractivity contribution in [1.82, 2.24) is 3.97 Å². The van der Waals surface area contributed by atoms with E-state index in [9.17, 15) is 8.42 Å². The van der Waals surface area contributed by atoms with Gasteiger partial charge in [0, 0.05) is 17.1 Å². The Kier molecular flexibility index (Phi) is 3.32. The first-order chi connectivity index (χ1) is 11.6. The van der Waals surface area contributed by atoms with Crippen LogP contribution < -0.4 is 0 Å². The third kappa shape index (κ3) is 2.25. The van der Waals surface area contributed by atoms with Gasteiger partial charge in [-0.25, -0.2) is 12.4 Å². The quantitative estimate of drug-likeness (QED) is 0.555. The molecule has 0 aliphatic heterocycles. The summed E-state index contributed by atoms with van der Waals surface area (Å²) in [5.74, 6) is 0.643. The first-order valence-electron chi connectivity index (χ1n) is 7.53. The summed E-state index contributed by atoms with van der Waals surface area (Å²) in [6.07, 6.45) is 3.20. The molecule has 2 aromatic heterocycles. The summed E-state index contributed by atoms with van der Waals surface area (Å²) in [6.45, 7) is 1.93. The Balaban J connectivity index is 1.99. The highest BCUT2D eigenvalue weighted by Crippen LogP contribution is 2.33. The molecule has 4 aromatic rings. The van der Waals surface area contributed by atoms with Crippen LogP contribution in [0.4, 0.5) is 0 Å². The van der Waals surface area contributed by atoms with Crippen molar-refractivity contribution in [3.63, 3.8) is 0 Å². The molecule has 2 aromatic carbocycles. The van der Waals surface area contributed by atoms with Gasteiger partial charge < -0.3 is 4.42 Å². The second-order valence-corrected chi connectivity index (χ2v) is 7.47. The Hall–Kier alpha value is -2.79. The average Bonchev–Trinajstić information content (AvgIpc) is 3.23. The Labute approximate surface area is 140 Å². The van der Waals surface area contributed by atoms with Crippen molar-refractivity contribution in [2.75, 3.05) is 0 Å². The SMILES string of the molecule is Cc1ccc(S(=O)(=O)n2cc(-c3ccco3)c3ccccc32)cc1. The van der Waals surface area contributed by atoms with Crippen molar-refractivity contribution >= 4 is 20.9 Å². The van der Waals surface area contributed by atoms with E-state index in [-0.39, 0.29) is 4.90 Å². The van der Waals surface area contributed by atoms with E-state index < -0.39 is 10.0 Å². The molecular weight excluding hydrogens is 322 g/mol. The van der Waals surface area contributed by atoms with E-state index in [2.05, 4.69) is 0 Å². The zero-order chi connectivity index (χ0) is 16.7. The van der Waals surface area contributed by atoms with E-state index in [1.54, 1.807) is 48.9 Å². The van der Waals surface area contributed by atoms with Gasteiger partial charge in [-0.05, 0) is 37.3 Å². The molecule has 0 aliphatic rings. The van der Waals surface area contributed by atoms with Crippen molar-refractivity contribution in [1.29, 1.82) is 0 Å². The summed E-state index contributed by atoms with van der Waals surface area (Å²) >= 11 is 0. The fourth-order valence-electron chi connectivity index (χ4n) is 2.80. The van der Waals surface area contributed by atoms with E-state index in [1.165, 1.54) is 3.97 Å². The van der Waals surface area contributed by atoms with E-state index >= 15 is 0 Å². The molecular formula is C19H15NO3S. The highest BCUT2D eigenvalue weighted by atomic mass is 32.2. The number of aryl methyl sites for hydroxylation is 1. The van der Waals surface area contributed by atoms with Crippen molar-refractivity contribution in [3.05, 3.63) is 78.7 Å². The van der Waals surface area contributed by atoms with E-state index in [0.29, 0.717) is 11.3 Å². The highest BCUT2D eigenvalue weighted by Gasteiger charge is 2.22. The van der Waals surface area contributed by atoms with Crippen LogP contribution in [0.2, 0.25) is 0 Å². The smallest absolute Gasteiger partial charge is 0.268 e. The highest BCUT2D eigenvalue weighted by molar-refractivity contribution is 7.90. The lowest BCUT2D eigenvalue weighted by atomic mass is 10.1. The molecule has 4 nitrogen and oxygen atoms in total. The van der Waals surface area contributed by atoms with Crippen LogP contribution in [-0.2, 0) is 10.0 Å². The summed E-state index contributed by atoms with van der Waals surface area (Å²) < 4.78 is 32.9. The molecule has 0 atom stereocenters. The number of furan rings is 1. The number of para-hydroxylation sites is 1. The zero-order valence-electron chi connectivity index (χ0n) is 13.0. The van der Waals surface area contributed by atoms with Gasteiger partial charge in [0.1, 0.15) is 5.76 Å². The number of aromatic nitrogens is 1. The van der Waals surface area contributed by atoms with Gasteiger partial charge in [0.25, 0.3) is 10.0 Å². The molecule has 0 aliphatic carbocycles. The maximum atomic E-state index is 13.1. The zero-order valence-corrected chi connectivity index (χ0v) is 13.8. The lowest BCUT2D eigenvalue weighted by Crippen LogP contribution is -2.11. The molecule has 0 amide bonds. The standard InChI is InChI=1S/C19H15NO3S/c1-14-8-10-15(11-9-14)24(21,22)20-13-17(19-7-4-12-23-19)16-5-2-3-6-18(16)20/h2-13H,1H3. The van der Waals surface area contributed by atoms with E-state index in [1.807, 2.05) is 31.2 Å². The van der Waals surface area contributed by atoms with Gasteiger partial charge in [0.15, 0.2) is 0 Å². The number of hydrogen-bond donors (Lipinski definition) is 0. The average molecular weight is 337 g/mol. The van der Waals surface area contributed by atoms with Crippen LogP contribution in [0.3, 0.4) is 0 Å². The van der Waals surface area contributed by atoms with Crippen molar-refractivity contribution in [3.8, 4) is 11.3 Å². The van der Waals surface area contributed by atoms with Crippen molar-refractivity contribution < 1.29 is 12.8 Å². The molecule has 2 heterocycles. The molecule has 0 radical (unpaired) electrons. The molecule has 0 fully saturated rings. The van der Waals surface area contributed by atoms with Gasteiger partial charge >= 0.3 is 0 Å². The molecule has 0 bridgehead atoms. The lowest BCUT2D eigenvalue weighted by Gasteiger charge is -2.07. The van der Waals surface area contributed by atoms with Crippen LogP contribution in [-0.4, -0.2) is 12.4 Å². The predicted octanol–water partition coefficient (Wildman–Crippen LogP) is 4.45. The first kappa shape index (κ1) is 14.8.